The summed E-state index contributed by atoms with van der Waals surface area (Å²) in [4.78, 5) is 11.1. The van der Waals surface area contributed by atoms with Gasteiger partial charge >= 0.3 is 0 Å². The van der Waals surface area contributed by atoms with Crippen LogP contribution in [0.15, 0.2) is 30.7 Å². The van der Waals surface area contributed by atoms with Crippen molar-refractivity contribution >= 4 is 0 Å². The van der Waals surface area contributed by atoms with Gasteiger partial charge in [0.1, 0.15) is 18.2 Å². The third kappa shape index (κ3) is 2.78. The molecule has 2 aromatic heterocycles. The lowest BCUT2D eigenvalue weighted by Crippen LogP contribution is -2.41. The maximum Gasteiger partial charge on any atom is 0.138 e. The molecule has 1 atom stereocenters. The van der Waals surface area contributed by atoms with E-state index < -0.39 is 0 Å². The van der Waals surface area contributed by atoms with Crippen LogP contribution in [0.1, 0.15) is 38.3 Å². The number of ether oxygens (including phenoxy) is 1. The fraction of sp³-hybridized carbons (Fsp3) is 0.500. The van der Waals surface area contributed by atoms with E-state index in [1.54, 1.807) is 12.4 Å². The normalized spacial score (nSPS) is 18.8. The monoisotopic (exact) mass is 286 g/mol. The summed E-state index contributed by atoms with van der Waals surface area (Å²) < 4.78 is 8.08. The molecule has 0 bridgehead atoms. The fourth-order valence-electron chi connectivity index (χ4n) is 2.99. The summed E-state index contributed by atoms with van der Waals surface area (Å²) in [6, 6.07) is 4.69. The highest BCUT2D eigenvalue weighted by Gasteiger charge is 2.28. The first kappa shape index (κ1) is 14.1. The first-order chi connectivity index (χ1) is 10.2. The van der Waals surface area contributed by atoms with Gasteiger partial charge in [0.05, 0.1) is 24.1 Å². The standard InChI is InChI=1S/C16H22N4O/c1-12(2)19-7-8-20-14(9-18-16(20)13(19)3)11-21-15-5-4-6-17-10-15/h4-6,9-10,12-13H,7-8,11H2,1-3H3/t13-/m0/s1. The van der Waals surface area contributed by atoms with E-state index in [0.717, 1.165) is 30.4 Å². The van der Waals surface area contributed by atoms with Crippen LogP contribution >= 0.6 is 0 Å². The van der Waals surface area contributed by atoms with Gasteiger partial charge in [-0.05, 0) is 32.9 Å². The Labute approximate surface area is 125 Å². The molecule has 21 heavy (non-hydrogen) atoms. The van der Waals surface area contributed by atoms with Crippen molar-refractivity contribution in [1.82, 2.24) is 19.4 Å². The van der Waals surface area contributed by atoms with Crippen LogP contribution in [0, 0.1) is 0 Å². The van der Waals surface area contributed by atoms with Crippen LogP contribution in [0.25, 0.3) is 0 Å². The number of nitrogens with zero attached hydrogens (tertiary/aromatic N) is 4. The zero-order valence-electron chi connectivity index (χ0n) is 12.9. The van der Waals surface area contributed by atoms with E-state index >= 15 is 0 Å². The Morgan fingerprint density at radius 2 is 2.19 bits per heavy atom. The van der Waals surface area contributed by atoms with Gasteiger partial charge in [-0.2, -0.15) is 0 Å². The van der Waals surface area contributed by atoms with Crippen LogP contribution in [-0.4, -0.2) is 32.0 Å². The number of fused-ring (bicyclic) bond motifs is 1. The zero-order valence-corrected chi connectivity index (χ0v) is 12.9. The lowest BCUT2D eigenvalue weighted by Gasteiger charge is -2.37. The molecule has 0 unspecified atom stereocenters. The molecule has 0 spiro atoms. The maximum atomic E-state index is 5.79. The van der Waals surface area contributed by atoms with Crippen molar-refractivity contribution in [2.75, 3.05) is 6.54 Å². The molecule has 5 heteroatoms. The van der Waals surface area contributed by atoms with Gasteiger partial charge in [-0.3, -0.25) is 9.88 Å². The minimum absolute atomic E-state index is 0.353. The Morgan fingerprint density at radius 3 is 2.90 bits per heavy atom. The van der Waals surface area contributed by atoms with E-state index in [9.17, 15) is 0 Å². The molecule has 112 valence electrons. The summed E-state index contributed by atoms with van der Waals surface area (Å²) in [7, 11) is 0. The second-order valence-corrected chi connectivity index (χ2v) is 5.74. The van der Waals surface area contributed by atoms with Crippen molar-refractivity contribution in [2.24, 2.45) is 0 Å². The molecular formula is C16H22N4O. The Balaban J connectivity index is 1.74. The highest BCUT2D eigenvalue weighted by atomic mass is 16.5. The highest BCUT2D eigenvalue weighted by molar-refractivity contribution is 5.17. The second kappa shape index (κ2) is 5.85. The van der Waals surface area contributed by atoms with Gasteiger partial charge in [0.2, 0.25) is 0 Å². The average molecular weight is 286 g/mol. The van der Waals surface area contributed by atoms with Crippen LogP contribution < -0.4 is 4.74 Å². The highest BCUT2D eigenvalue weighted by Crippen LogP contribution is 2.27. The second-order valence-electron chi connectivity index (χ2n) is 5.74. The zero-order chi connectivity index (χ0) is 14.8. The van der Waals surface area contributed by atoms with Crippen molar-refractivity contribution in [3.05, 3.63) is 42.2 Å². The van der Waals surface area contributed by atoms with Gasteiger partial charge in [0, 0.05) is 25.3 Å². The predicted molar refractivity (Wildman–Crippen MR) is 81.1 cm³/mol. The molecule has 1 aliphatic heterocycles. The molecule has 1 aliphatic rings. The average Bonchev–Trinajstić information content (AvgIpc) is 2.90. The molecular weight excluding hydrogens is 264 g/mol. The van der Waals surface area contributed by atoms with Gasteiger partial charge in [-0.25, -0.2) is 4.98 Å². The molecule has 3 rings (SSSR count). The van der Waals surface area contributed by atoms with E-state index in [0.29, 0.717) is 18.7 Å². The lowest BCUT2D eigenvalue weighted by molar-refractivity contribution is 0.123. The Morgan fingerprint density at radius 1 is 1.33 bits per heavy atom. The lowest BCUT2D eigenvalue weighted by atomic mass is 10.1. The first-order valence-corrected chi connectivity index (χ1v) is 7.49. The topological polar surface area (TPSA) is 43.2 Å². The molecule has 0 saturated heterocycles. The number of hydrogen-bond acceptors (Lipinski definition) is 4. The Kier molecular flexibility index (Phi) is 3.92. The molecule has 2 aromatic rings. The van der Waals surface area contributed by atoms with E-state index in [1.807, 2.05) is 18.3 Å². The molecule has 0 aliphatic carbocycles. The van der Waals surface area contributed by atoms with E-state index in [1.165, 1.54) is 0 Å². The van der Waals surface area contributed by atoms with E-state index in [-0.39, 0.29) is 0 Å². The van der Waals surface area contributed by atoms with Crippen LogP contribution in [-0.2, 0) is 13.2 Å². The summed E-state index contributed by atoms with van der Waals surface area (Å²) in [5, 5.41) is 0. The van der Waals surface area contributed by atoms with Gasteiger partial charge in [0.15, 0.2) is 0 Å². The number of imidazole rings is 1. The quantitative estimate of drug-likeness (QED) is 0.866. The summed E-state index contributed by atoms with van der Waals surface area (Å²) in [6.07, 6.45) is 5.42. The minimum atomic E-state index is 0.353. The number of aromatic nitrogens is 3. The predicted octanol–water partition coefficient (Wildman–Crippen LogP) is 2.64. The summed E-state index contributed by atoms with van der Waals surface area (Å²) >= 11 is 0. The molecule has 0 radical (unpaired) electrons. The third-order valence-corrected chi connectivity index (χ3v) is 4.11. The fourth-order valence-corrected chi connectivity index (χ4v) is 2.99. The number of pyridine rings is 1. The van der Waals surface area contributed by atoms with Crippen LogP contribution in [0.3, 0.4) is 0 Å². The van der Waals surface area contributed by atoms with Crippen molar-refractivity contribution in [3.63, 3.8) is 0 Å². The van der Waals surface area contributed by atoms with Crippen molar-refractivity contribution in [3.8, 4) is 5.75 Å². The van der Waals surface area contributed by atoms with Crippen molar-refractivity contribution in [2.45, 2.75) is 46.0 Å². The van der Waals surface area contributed by atoms with Crippen molar-refractivity contribution in [1.29, 1.82) is 0 Å². The van der Waals surface area contributed by atoms with E-state index in [4.69, 9.17) is 4.74 Å². The van der Waals surface area contributed by atoms with Crippen LogP contribution in [0.4, 0.5) is 0 Å². The number of rotatable bonds is 4. The molecule has 0 amide bonds. The van der Waals surface area contributed by atoms with Gasteiger partial charge in [-0.1, -0.05) is 0 Å². The minimum Gasteiger partial charge on any atom is -0.486 e. The summed E-state index contributed by atoms with van der Waals surface area (Å²) in [5.41, 5.74) is 1.13. The molecule has 5 nitrogen and oxygen atoms in total. The molecule has 0 N–H and O–H groups in total. The van der Waals surface area contributed by atoms with E-state index in [2.05, 4.69) is 40.2 Å². The molecule has 0 saturated carbocycles. The third-order valence-electron chi connectivity index (χ3n) is 4.11. The first-order valence-electron chi connectivity index (χ1n) is 7.49. The van der Waals surface area contributed by atoms with Crippen LogP contribution in [0.5, 0.6) is 5.75 Å². The molecule has 0 fully saturated rings. The van der Waals surface area contributed by atoms with Gasteiger partial charge < -0.3 is 9.30 Å². The van der Waals surface area contributed by atoms with Crippen molar-refractivity contribution < 1.29 is 4.74 Å². The molecule has 0 aromatic carbocycles. The number of hydrogen-bond donors (Lipinski definition) is 0. The molecule has 3 heterocycles. The van der Waals surface area contributed by atoms with Gasteiger partial charge in [0.25, 0.3) is 0 Å². The van der Waals surface area contributed by atoms with Gasteiger partial charge in [-0.15, -0.1) is 0 Å². The summed E-state index contributed by atoms with van der Waals surface area (Å²) in [6.45, 7) is 9.27. The smallest absolute Gasteiger partial charge is 0.138 e. The Bertz CT molecular complexity index is 594. The Hall–Kier alpha value is -1.88. The van der Waals surface area contributed by atoms with Crippen LogP contribution in [0.2, 0.25) is 0 Å². The SMILES string of the molecule is CC(C)N1CCn2c(COc3cccnc3)cnc2[C@@H]1C. The largest absolute Gasteiger partial charge is 0.486 e. The maximum absolute atomic E-state index is 5.79. The summed E-state index contributed by atoms with van der Waals surface area (Å²) in [5.74, 6) is 1.93.